The number of nitrogens with one attached hydrogen (secondary N) is 3. The maximum absolute atomic E-state index is 13.1. The monoisotopic (exact) mass is 918 g/mol. The number of nitrogens with zero attached hydrogens (tertiary/aromatic N) is 6. The Labute approximate surface area is 361 Å². The molecule has 5 rings (SSSR count). The number of fused-ring (bicyclic) bond motifs is 1. The number of anilines is 1. The summed E-state index contributed by atoms with van der Waals surface area (Å²) in [5.41, 5.74) is 5.70. The fraction of sp³-hybridized carbons (Fsp3) is 0.750. The number of aromatic amines is 1. The minimum Gasteiger partial charge on any atom is -0.394 e. The number of phosphoric acid groups is 1. The summed E-state index contributed by atoms with van der Waals surface area (Å²) in [6.07, 6.45) is -6.27. The number of amides is 2. The van der Waals surface area contributed by atoms with E-state index < -0.39 is 87.2 Å². The van der Waals surface area contributed by atoms with Crippen molar-refractivity contribution < 1.29 is 71.8 Å². The molecule has 3 aromatic rings. The molecule has 5 heterocycles. The van der Waals surface area contributed by atoms with Crippen LogP contribution < -0.4 is 21.9 Å². The molecule has 2 saturated heterocycles. The van der Waals surface area contributed by atoms with E-state index in [2.05, 4.69) is 35.9 Å². The number of H-pyrrole nitrogens is 1. The molecule has 354 valence electrons. The molecule has 0 radical (unpaired) electrons. The third-order valence-corrected chi connectivity index (χ3v) is 10.8. The van der Waals surface area contributed by atoms with Gasteiger partial charge in [-0.15, -0.1) is 5.10 Å². The van der Waals surface area contributed by atoms with Crippen LogP contribution in [0.3, 0.4) is 0 Å². The number of rotatable bonds is 25. The molecule has 0 saturated carbocycles. The molecular formula is C36H59N10O16P. The van der Waals surface area contributed by atoms with Crippen LogP contribution in [0.25, 0.3) is 11.2 Å². The van der Waals surface area contributed by atoms with Gasteiger partial charge in [-0.25, -0.2) is 14.2 Å². The smallest absolute Gasteiger partial charge is 0.394 e. The largest absolute Gasteiger partial charge is 0.472 e. The number of hydrogen-bond donors (Lipinski definition) is 8. The van der Waals surface area contributed by atoms with Gasteiger partial charge in [-0.2, -0.15) is 4.98 Å². The Kier molecular flexibility index (Phi) is 18.4. The van der Waals surface area contributed by atoms with Gasteiger partial charge in [-0.3, -0.25) is 33.0 Å². The van der Waals surface area contributed by atoms with Crippen molar-refractivity contribution in [2.24, 2.45) is 0 Å². The van der Waals surface area contributed by atoms with E-state index in [0.29, 0.717) is 25.1 Å². The first-order valence-electron chi connectivity index (χ1n) is 20.5. The third-order valence-electron chi connectivity index (χ3n) is 9.58. The number of phosphoric ester groups is 1. The quantitative estimate of drug-likeness (QED) is 0.0349. The molecule has 2 amide bonds. The molecule has 10 atom stereocenters. The summed E-state index contributed by atoms with van der Waals surface area (Å²) in [6.45, 7) is 8.41. The topological polar surface area (TPSA) is 350 Å². The van der Waals surface area contributed by atoms with E-state index in [4.69, 9.17) is 43.2 Å². The number of aliphatic hydroxyl groups is 3. The lowest BCUT2D eigenvalue weighted by molar-refractivity contribution is -0.270. The summed E-state index contributed by atoms with van der Waals surface area (Å²) in [6, 6.07) is -1.04. The van der Waals surface area contributed by atoms with Crippen molar-refractivity contribution in [3.8, 4) is 0 Å². The minimum atomic E-state index is -4.67. The van der Waals surface area contributed by atoms with Crippen molar-refractivity contribution in [2.45, 2.75) is 134 Å². The zero-order chi connectivity index (χ0) is 45.8. The molecule has 9 N–H and O–H groups in total. The van der Waals surface area contributed by atoms with E-state index in [1.807, 2.05) is 13.8 Å². The van der Waals surface area contributed by atoms with Crippen LogP contribution in [0.2, 0.25) is 0 Å². The number of aromatic nitrogens is 7. The Morgan fingerprint density at radius 1 is 1.05 bits per heavy atom. The van der Waals surface area contributed by atoms with Crippen molar-refractivity contribution in [1.29, 1.82) is 0 Å². The summed E-state index contributed by atoms with van der Waals surface area (Å²) in [5, 5.41) is 43.5. The summed E-state index contributed by atoms with van der Waals surface area (Å²) >= 11 is 0. The maximum Gasteiger partial charge on any atom is 0.472 e. The Morgan fingerprint density at radius 2 is 1.83 bits per heavy atom. The van der Waals surface area contributed by atoms with Crippen molar-refractivity contribution in [3.05, 3.63) is 28.6 Å². The molecule has 0 aromatic carbocycles. The van der Waals surface area contributed by atoms with Crippen molar-refractivity contribution in [1.82, 2.24) is 45.1 Å². The number of nitrogen functional groups attached to an aromatic ring is 1. The number of aliphatic hydroxyl groups excluding tert-OH is 3. The highest BCUT2D eigenvalue weighted by molar-refractivity contribution is 7.47. The number of imidazole rings is 1. The van der Waals surface area contributed by atoms with Gasteiger partial charge in [0.15, 0.2) is 23.7 Å². The molecule has 3 aromatic heterocycles. The predicted molar refractivity (Wildman–Crippen MR) is 216 cm³/mol. The van der Waals surface area contributed by atoms with Gasteiger partial charge in [-0.1, -0.05) is 5.21 Å². The molecule has 0 aliphatic carbocycles. The normalized spacial score (nSPS) is 26.1. The summed E-state index contributed by atoms with van der Waals surface area (Å²) in [7, 11) is -4.67. The third kappa shape index (κ3) is 14.2. The van der Waals surface area contributed by atoms with E-state index in [1.165, 1.54) is 22.5 Å². The van der Waals surface area contributed by atoms with E-state index in [9.17, 15) is 39.2 Å². The zero-order valence-corrected chi connectivity index (χ0v) is 36.6. The number of ether oxygens (including phenoxy) is 6. The van der Waals surface area contributed by atoms with Crippen LogP contribution in [0, 0.1) is 0 Å². The summed E-state index contributed by atoms with van der Waals surface area (Å²) in [5.74, 6) is -0.825. The van der Waals surface area contributed by atoms with Crippen LogP contribution >= 0.6 is 7.82 Å². The number of hydrogen-bond acceptors (Lipinski definition) is 20. The molecule has 0 spiro atoms. The molecule has 1 unspecified atom stereocenters. The van der Waals surface area contributed by atoms with Crippen LogP contribution in [-0.4, -0.2) is 167 Å². The van der Waals surface area contributed by atoms with E-state index in [0.717, 1.165) is 0 Å². The highest BCUT2D eigenvalue weighted by Crippen LogP contribution is 2.50. The summed E-state index contributed by atoms with van der Waals surface area (Å²) < 4.78 is 62.3. The van der Waals surface area contributed by atoms with Gasteiger partial charge < -0.3 is 65.0 Å². The molecule has 2 aliphatic heterocycles. The average Bonchev–Trinajstić information content (AvgIpc) is 3.93. The number of nitrogens with two attached hydrogens (primary N) is 1. The fourth-order valence-corrected chi connectivity index (χ4v) is 7.88. The first kappa shape index (κ1) is 50.0. The summed E-state index contributed by atoms with van der Waals surface area (Å²) in [4.78, 5) is 58.0. The van der Waals surface area contributed by atoms with Crippen molar-refractivity contribution >= 4 is 36.7 Å². The minimum absolute atomic E-state index is 0.0248. The highest BCUT2D eigenvalue weighted by Gasteiger charge is 2.51. The average molecular weight is 919 g/mol. The number of carbonyl (C=O) groups is 2. The lowest BCUT2D eigenvalue weighted by atomic mass is 9.97. The lowest BCUT2D eigenvalue weighted by Crippen LogP contribution is -2.64. The van der Waals surface area contributed by atoms with Gasteiger partial charge in [0.2, 0.25) is 17.8 Å². The Morgan fingerprint density at radius 3 is 2.54 bits per heavy atom. The van der Waals surface area contributed by atoms with E-state index >= 15 is 0 Å². The highest BCUT2D eigenvalue weighted by atomic mass is 31.2. The predicted octanol–water partition coefficient (Wildman–Crippen LogP) is -1.62. The lowest BCUT2D eigenvalue weighted by Gasteiger charge is -2.42. The van der Waals surface area contributed by atoms with Crippen molar-refractivity contribution in [3.63, 3.8) is 0 Å². The Balaban J connectivity index is 1.08. The van der Waals surface area contributed by atoms with Crippen LogP contribution in [0.15, 0.2) is 17.3 Å². The zero-order valence-electron chi connectivity index (χ0n) is 35.7. The Hall–Kier alpha value is -4.02. The second-order valence-electron chi connectivity index (χ2n) is 15.4. The molecule has 2 fully saturated rings. The van der Waals surface area contributed by atoms with E-state index in [-0.39, 0.29) is 75.1 Å². The molecular weight excluding hydrogens is 859 g/mol. The molecule has 26 nitrogen and oxygen atoms in total. The van der Waals surface area contributed by atoms with Crippen LogP contribution in [0.4, 0.5) is 5.95 Å². The van der Waals surface area contributed by atoms with Gasteiger partial charge in [0.1, 0.15) is 48.4 Å². The van der Waals surface area contributed by atoms with Crippen LogP contribution in [0.5, 0.6) is 0 Å². The molecule has 63 heavy (non-hydrogen) atoms. The van der Waals surface area contributed by atoms with Crippen LogP contribution in [0.1, 0.15) is 65.8 Å². The van der Waals surface area contributed by atoms with Gasteiger partial charge >= 0.3 is 7.82 Å². The maximum atomic E-state index is 13.1. The number of carbonyl (C=O) groups excluding carboxylic acids is 2. The second-order valence-corrected chi connectivity index (χ2v) is 16.7. The van der Waals surface area contributed by atoms with Crippen LogP contribution in [-0.2, 0) is 64.8 Å². The fourth-order valence-electron chi connectivity index (χ4n) is 6.74. The SMILES string of the molecule is CC(=O)N[C@H]1[C@H](OCCCCC(=O)NCCOCCn2cc(CO[C@@H]3[C@H](OP(=O)(O)OC(C)C)[C@@H](COC(C)C)O[C@H]3n3cnc4c(=O)[nH]c(N)nc43)nn2)O[C@H](CO)[C@H](O)[C@@H]1O. The molecule has 0 bridgehead atoms. The number of unbranched alkanes of at least 4 members (excludes halogenated alkanes) is 1. The standard InChI is InChI=1S/C36H59N10O16P/c1-19(2)57-17-24-30(62-63(53,54)61-20(3)4)31(34(59-24)46-18-39-27-32(46)41-36(37)42-33(27)52)58-16-22-14-45(44-43-22)10-13-55-12-9-38-25(49)8-6-7-11-56-35-26(40-21(5)48)29(51)28(50)23(15-47)60-35/h14,18-20,23-24,26,28-31,34-35,47,50-51H,6-13,15-17H2,1-5H3,(H,38,49)(H,40,48)(H,53,54)(H3,37,41,42,52)/t23-,24-,26-,28+,29-,30-,31-,34-,35-/m1/s1. The molecule has 27 heteroatoms. The van der Waals surface area contributed by atoms with Gasteiger partial charge in [0.25, 0.3) is 5.56 Å². The second kappa shape index (κ2) is 23.3. The van der Waals surface area contributed by atoms with Crippen molar-refractivity contribution in [2.75, 3.05) is 45.3 Å². The first-order valence-corrected chi connectivity index (χ1v) is 22.0. The first-order chi connectivity index (χ1) is 30.0. The van der Waals surface area contributed by atoms with E-state index in [1.54, 1.807) is 20.0 Å². The molecule has 2 aliphatic rings. The van der Waals surface area contributed by atoms with Gasteiger partial charge in [-0.05, 0) is 40.5 Å². The Bertz CT molecular complexity index is 2030. The van der Waals surface area contributed by atoms with Gasteiger partial charge in [0, 0.05) is 26.5 Å². The van der Waals surface area contributed by atoms with Gasteiger partial charge in [0.05, 0.1) is 64.3 Å².